The zero-order chi connectivity index (χ0) is 12.3. The van der Waals surface area contributed by atoms with Crippen molar-refractivity contribution < 1.29 is 0 Å². The highest BCUT2D eigenvalue weighted by atomic mass is 79.9. The molecule has 0 amide bonds. The molecule has 2 rings (SSSR count). The molecule has 0 spiro atoms. The Bertz CT molecular complexity index is 498. The average molecular weight is 312 g/mol. The van der Waals surface area contributed by atoms with Crippen molar-refractivity contribution in [2.75, 3.05) is 7.05 Å². The van der Waals surface area contributed by atoms with Crippen LogP contribution in [0.1, 0.15) is 22.2 Å². The molecule has 3 nitrogen and oxygen atoms in total. The quantitative estimate of drug-likeness (QED) is 0.942. The Morgan fingerprint density at radius 3 is 2.88 bits per heavy atom. The van der Waals surface area contributed by atoms with Gasteiger partial charge in [-0.15, -0.1) is 5.10 Å². The minimum atomic E-state index is 0.282. The average Bonchev–Trinajstić information content (AvgIpc) is 2.72. The van der Waals surface area contributed by atoms with Crippen molar-refractivity contribution in [3.05, 3.63) is 44.9 Å². The number of hydrogen-bond donors (Lipinski definition) is 1. The van der Waals surface area contributed by atoms with Gasteiger partial charge in [0.2, 0.25) is 0 Å². The number of rotatable bonds is 4. The third-order valence-corrected chi connectivity index (χ3v) is 4.11. The third-order valence-electron chi connectivity index (χ3n) is 2.68. The fourth-order valence-electron chi connectivity index (χ4n) is 1.78. The van der Waals surface area contributed by atoms with E-state index in [1.54, 1.807) is 0 Å². The fourth-order valence-corrected chi connectivity index (χ4v) is 2.98. The summed E-state index contributed by atoms with van der Waals surface area (Å²) in [6, 6.07) is 8.67. The van der Waals surface area contributed by atoms with Crippen LogP contribution in [0.2, 0.25) is 0 Å². The first-order valence-electron chi connectivity index (χ1n) is 5.41. The first-order valence-corrected chi connectivity index (χ1v) is 6.98. The van der Waals surface area contributed by atoms with Gasteiger partial charge in [0.05, 0.1) is 10.6 Å². The number of nitrogens with one attached hydrogen (secondary N) is 1. The molecule has 1 unspecified atom stereocenters. The fraction of sp³-hybridized carbons (Fsp3) is 0.333. The van der Waals surface area contributed by atoms with E-state index >= 15 is 0 Å². The zero-order valence-electron chi connectivity index (χ0n) is 9.77. The molecule has 0 saturated carbocycles. The van der Waals surface area contributed by atoms with Crippen LogP contribution in [0.3, 0.4) is 0 Å². The second kappa shape index (κ2) is 5.71. The molecule has 1 aromatic heterocycles. The van der Waals surface area contributed by atoms with Crippen LogP contribution >= 0.6 is 27.5 Å². The Labute approximate surface area is 114 Å². The Hall–Kier alpha value is -0.780. The second-order valence-corrected chi connectivity index (χ2v) is 5.60. The SMILES string of the molecule is CNC(Cc1cccc(Br)c1)c1snnc1C. The lowest BCUT2D eigenvalue weighted by atomic mass is 10.0. The van der Waals surface area contributed by atoms with E-state index in [1.165, 1.54) is 22.0 Å². The first kappa shape index (κ1) is 12.7. The van der Waals surface area contributed by atoms with Gasteiger partial charge in [0, 0.05) is 10.5 Å². The largest absolute Gasteiger partial charge is 0.312 e. The summed E-state index contributed by atoms with van der Waals surface area (Å²) in [5.41, 5.74) is 2.32. The lowest BCUT2D eigenvalue weighted by Crippen LogP contribution is -2.18. The summed E-state index contributed by atoms with van der Waals surface area (Å²) in [6.07, 6.45) is 0.945. The molecule has 1 atom stereocenters. The third kappa shape index (κ3) is 3.12. The molecule has 0 bridgehead atoms. The Morgan fingerprint density at radius 2 is 2.29 bits per heavy atom. The molecule has 0 aliphatic carbocycles. The van der Waals surface area contributed by atoms with Crippen molar-refractivity contribution in [2.45, 2.75) is 19.4 Å². The molecular formula is C12H14BrN3S. The molecule has 0 radical (unpaired) electrons. The number of aryl methyl sites for hydroxylation is 1. The van der Waals surface area contributed by atoms with Gasteiger partial charge in [0.25, 0.3) is 0 Å². The first-order chi connectivity index (χ1) is 8.20. The molecule has 0 aliphatic heterocycles. The van der Waals surface area contributed by atoms with Crippen molar-refractivity contribution in [3.8, 4) is 0 Å². The Morgan fingerprint density at radius 1 is 1.47 bits per heavy atom. The summed E-state index contributed by atoms with van der Waals surface area (Å²) < 4.78 is 5.11. The zero-order valence-corrected chi connectivity index (χ0v) is 12.2. The van der Waals surface area contributed by atoms with Gasteiger partial charge >= 0.3 is 0 Å². The number of aromatic nitrogens is 2. The van der Waals surface area contributed by atoms with E-state index < -0.39 is 0 Å². The summed E-state index contributed by atoms with van der Waals surface area (Å²) in [4.78, 5) is 1.22. The molecule has 1 N–H and O–H groups in total. The maximum Gasteiger partial charge on any atom is 0.0772 e. The standard InChI is InChI=1S/C12H14BrN3S/c1-8-12(17-16-15-8)11(14-2)7-9-4-3-5-10(13)6-9/h3-6,11,14H,7H2,1-2H3. The van der Waals surface area contributed by atoms with Crippen molar-refractivity contribution >= 4 is 27.5 Å². The summed E-state index contributed by atoms with van der Waals surface area (Å²) in [7, 11) is 1.97. The summed E-state index contributed by atoms with van der Waals surface area (Å²) in [6.45, 7) is 2.00. The Kier molecular flexibility index (Phi) is 4.25. The Balaban J connectivity index is 2.19. The topological polar surface area (TPSA) is 37.8 Å². The van der Waals surface area contributed by atoms with Crippen molar-refractivity contribution in [1.29, 1.82) is 0 Å². The van der Waals surface area contributed by atoms with Gasteiger partial charge in [-0.25, -0.2) is 0 Å². The predicted molar refractivity (Wildman–Crippen MR) is 74.3 cm³/mol. The molecule has 2 aromatic rings. The highest BCUT2D eigenvalue weighted by Crippen LogP contribution is 2.24. The van der Waals surface area contributed by atoms with E-state index in [1.807, 2.05) is 20.0 Å². The van der Waals surface area contributed by atoms with Crippen LogP contribution in [0.15, 0.2) is 28.7 Å². The van der Waals surface area contributed by atoms with Crippen LogP contribution in [0, 0.1) is 6.92 Å². The molecule has 5 heteroatoms. The highest BCUT2D eigenvalue weighted by molar-refractivity contribution is 9.10. The van der Waals surface area contributed by atoms with Gasteiger partial charge in [0.1, 0.15) is 0 Å². The van der Waals surface area contributed by atoms with Gasteiger partial charge in [-0.1, -0.05) is 32.6 Å². The molecule has 1 aromatic carbocycles. The lowest BCUT2D eigenvalue weighted by Gasteiger charge is -2.14. The number of benzene rings is 1. The molecule has 90 valence electrons. The van der Waals surface area contributed by atoms with Gasteiger partial charge < -0.3 is 5.32 Å². The monoisotopic (exact) mass is 311 g/mol. The molecule has 17 heavy (non-hydrogen) atoms. The maximum absolute atomic E-state index is 4.06. The van der Waals surface area contributed by atoms with Gasteiger partial charge in [-0.2, -0.15) is 0 Å². The van der Waals surface area contributed by atoms with E-state index in [9.17, 15) is 0 Å². The van der Waals surface area contributed by atoms with E-state index in [4.69, 9.17) is 0 Å². The smallest absolute Gasteiger partial charge is 0.0772 e. The van der Waals surface area contributed by atoms with Crippen LogP contribution in [-0.4, -0.2) is 16.6 Å². The van der Waals surface area contributed by atoms with E-state index in [0.29, 0.717) is 0 Å². The summed E-state index contributed by atoms with van der Waals surface area (Å²) in [5.74, 6) is 0. The van der Waals surface area contributed by atoms with Gasteiger partial charge in [-0.3, -0.25) is 0 Å². The molecule has 1 heterocycles. The van der Waals surface area contributed by atoms with Crippen LogP contribution in [-0.2, 0) is 6.42 Å². The predicted octanol–water partition coefficient (Wildman–Crippen LogP) is 3.11. The van der Waals surface area contributed by atoms with E-state index in [-0.39, 0.29) is 6.04 Å². The van der Waals surface area contributed by atoms with E-state index in [0.717, 1.165) is 16.6 Å². The number of likely N-dealkylation sites (N-methyl/N-ethyl adjacent to an activating group) is 1. The van der Waals surface area contributed by atoms with Crippen LogP contribution in [0.4, 0.5) is 0 Å². The van der Waals surface area contributed by atoms with Gasteiger partial charge in [0.15, 0.2) is 0 Å². The van der Waals surface area contributed by atoms with Gasteiger partial charge in [-0.05, 0) is 49.6 Å². The molecule has 0 fully saturated rings. The molecule has 0 aliphatic rings. The summed E-state index contributed by atoms with van der Waals surface area (Å²) >= 11 is 4.97. The minimum absolute atomic E-state index is 0.282. The lowest BCUT2D eigenvalue weighted by molar-refractivity contribution is 0.597. The minimum Gasteiger partial charge on any atom is -0.312 e. The second-order valence-electron chi connectivity index (χ2n) is 3.90. The van der Waals surface area contributed by atoms with Crippen molar-refractivity contribution in [3.63, 3.8) is 0 Å². The number of halogens is 1. The van der Waals surface area contributed by atoms with Crippen LogP contribution < -0.4 is 5.32 Å². The highest BCUT2D eigenvalue weighted by Gasteiger charge is 2.15. The molecular weight excluding hydrogens is 298 g/mol. The van der Waals surface area contributed by atoms with Crippen LogP contribution in [0.5, 0.6) is 0 Å². The molecule has 0 saturated heterocycles. The van der Waals surface area contributed by atoms with Crippen molar-refractivity contribution in [1.82, 2.24) is 14.9 Å². The summed E-state index contributed by atoms with van der Waals surface area (Å²) in [5, 5.41) is 7.39. The van der Waals surface area contributed by atoms with Crippen LogP contribution in [0.25, 0.3) is 0 Å². The van der Waals surface area contributed by atoms with E-state index in [2.05, 4.69) is 49.0 Å². The van der Waals surface area contributed by atoms with Crippen molar-refractivity contribution in [2.24, 2.45) is 0 Å². The number of nitrogens with zero attached hydrogens (tertiary/aromatic N) is 2. The number of hydrogen-bond acceptors (Lipinski definition) is 4. The maximum atomic E-state index is 4.06. The normalized spacial score (nSPS) is 12.6.